The molecule has 0 fully saturated rings. The van der Waals surface area contributed by atoms with Gasteiger partial charge in [0.1, 0.15) is 0 Å². The fourth-order valence-corrected chi connectivity index (χ4v) is 2.35. The van der Waals surface area contributed by atoms with Crippen molar-refractivity contribution in [3.63, 3.8) is 0 Å². The lowest BCUT2D eigenvalue weighted by Crippen LogP contribution is -2.32. The van der Waals surface area contributed by atoms with E-state index in [4.69, 9.17) is 0 Å². The van der Waals surface area contributed by atoms with E-state index in [9.17, 15) is 0 Å². The zero-order valence-corrected chi connectivity index (χ0v) is 10.3. The minimum absolute atomic E-state index is 0.629. The molecule has 0 saturated carbocycles. The van der Waals surface area contributed by atoms with E-state index < -0.39 is 0 Å². The van der Waals surface area contributed by atoms with Gasteiger partial charge in [0.05, 0.1) is 0 Å². The van der Waals surface area contributed by atoms with Gasteiger partial charge in [-0.15, -0.1) is 0 Å². The molecule has 74 valence electrons. The van der Waals surface area contributed by atoms with Crippen LogP contribution in [0.15, 0.2) is 0 Å². The Morgan fingerprint density at radius 2 is 1.92 bits per heavy atom. The Hall–Kier alpha value is 0.660. The highest BCUT2D eigenvalue weighted by molar-refractivity contribution is 7.97. The molecular formula is C9H21NS2. The van der Waals surface area contributed by atoms with Gasteiger partial charge in [0.15, 0.2) is 0 Å². The van der Waals surface area contributed by atoms with Crippen molar-refractivity contribution in [2.24, 2.45) is 0 Å². The molecule has 0 spiro atoms. The minimum atomic E-state index is 0.629. The smallest absolute Gasteiger partial charge is 0.0174 e. The summed E-state index contributed by atoms with van der Waals surface area (Å²) in [5.74, 6) is 2.08. The average molecular weight is 207 g/mol. The van der Waals surface area contributed by atoms with Crippen molar-refractivity contribution in [2.75, 3.05) is 11.5 Å². The molecule has 0 aromatic rings. The van der Waals surface area contributed by atoms with Crippen LogP contribution in [0.2, 0.25) is 0 Å². The summed E-state index contributed by atoms with van der Waals surface area (Å²) in [4.78, 5) is 0. The largest absolute Gasteiger partial charge is 0.245 e. The van der Waals surface area contributed by atoms with Crippen LogP contribution in [0.25, 0.3) is 0 Å². The monoisotopic (exact) mass is 207 g/mol. The zero-order chi connectivity index (χ0) is 9.56. The third-order valence-corrected chi connectivity index (χ3v) is 3.86. The first-order valence-electron chi connectivity index (χ1n) is 4.65. The second-order valence-electron chi connectivity index (χ2n) is 3.27. The molecule has 0 aliphatic carbocycles. The highest BCUT2D eigenvalue weighted by Crippen LogP contribution is 2.20. The van der Waals surface area contributed by atoms with Crippen molar-refractivity contribution in [1.29, 1.82) is 0 Å². The van der Waals surface area contributed by atoms with Gasteiger partial charge in [-0.1, -0.05) is 18.9 Å². The van der Waals surface area contributed by atoms with Crippen LogP contribution in [0.5, 0.6) is 0 Å². The first-order chi connectivity index (χ1) is 5.63. The van der Waals surface area contributed by atoms with E-state index >= 15 is 0 Å². The van der Waals surface area contributed by atoms with Crippen LogP contribution in [-0.4, -0.2) is 27.9 Å². The van der Waals surface area contributed by atoms with Crippen molar-refractivity contribution >= 4 is 24.6 Å². The lowest BCUT2D eigenvalue weighted by atomic mass is 10.2. The lowest BCUT2D eigenvalue weighted by molar-refractivity contribution is 0.311. The SMILES string of the molecule is CCC(C)N(SCCS)C(C)C. The van der Waals surface area contributed by atoms with Crippen LogP contribution in [0.3, 0.4) is 0 Å². The van der Waals surface area contributed by atoms with Gasteiger partial charge in [0.25, 0.3) is 0 Å². The van der Waals surface area contributed by atoms with Gasteiger partial charge >= 0.3 is 0 Å². The Labute approximate surface area is 86.8 Å². The molecule has 0 amide bonds. The van der Waals surface area contributed by atoms with E-state index in [1.54, 1.807) is 0 Å². The molecule has 0 radical (unpaired) electrons. The average Bonchev–Trinajstić information content (AvgIpc) is 2.04. The van der Waals surface area contributed by atoms with E-state index in [-0.39, 0.29) is 0 Å². The van der Waals surface area contributed by atoms with E-state index in [2.05, 4.69) is 44.6 Å². The molecule has 0 aliphatic heterocycles. The number of thiol groups is 1. The van der Waals surface area contributed by atoms with Crippen molar-refractivity contribution in [2.45, 2.75) is 46.2 Å². The Kier molecular flexibility index (Phi) is 7.49. The van der Waals surface area contributed by atoms with Gasteiger partial charge in [0.2, 0.25) is 0 Å². The normalized spacial score (nSPS) is 14.2. The summed E-state index contributed by atoms with van der Waals surface area (Å²) in [5, 5.41) is 0. The molecule has 0 rings (SSSR count). The second-order valence-corrected chi connectivity index (χ2v) is 4.80. The van der Waals surface area contributed by atoms with E-state index in [0.717, 1.165) is 11.5 Å². The van der Waals surface area contributed by atoms with Gasteiger partial charge in [-0.2, -0.15) is 12.6 Å². The van der Waals surface area contributed by atoms with Gasteiger partial charge in [-0.3, -0.25) is 0 Å². The molecule has 12 heavy (non-hydrogen) atoms. The number of rotatable bonds is 6. The molecule has 0 aromatic heterocycles. The third kappa shape index (κ3) is 4.63. The summed E-state index contributed by atoms with van der Waals surface area (Å²) < 4.78 is 2.47. The Bertz CT molecular complexity index is 107. The fourth-order valence-electron chi connectivity index (χ4n) is 1.11. The van der Waals surface area contributed by atoms with Crippen LogP contribution in [0, 0.1) is 0 Å². The minimum Gasteiger partial charge on any atom is -0.245 e. The summed E-state index contributed by atoms with van der Waals surface area (Å²) in [6, 6.07) is 1.31. The first kappa shape index (κ1) is 12.7. The molecule has 0 heterocycles. The van der Waals surface area contributed by atoms with Crippen LogP contribution in [0.1, 0.15) is 34.1 Å². The number of hydrogen-bond acceptors (Lipinski definition) is 3. The zero-order valence-electron chi connectivity index (χ0n) is 8.58. The van der Waals surface area contributed by atoms with Crippen molar-refractivity contribution in [3.05, 3.63) is 0 Å². The molecule has 0 saturated heterocycles. The van der Waals surface area contributed by atoms with E-state index in [1.165, 1.54) is 6.42 Å². The van der Waals surface area contributed by atoms with Gasteiger partial charge in [-0.25, -0.2) is 4.31 Å². The Morgan fingerprint density at radius 1 is 1.33 bits per heavy atom. The molecule has 1 atom stereocenters. The molecule has 3 heteroatoms. The predicted molar refractivity (Wildman–Crippen MR) is 63.0 cm³/mol. The third-order valence-electron chi connectivity index (χ3n) is 1.87. The Morgan fingerprint density at radius 3 is 2.25 bits per heavy atom. The maximum absolute atomic E-state index is 4.21. The predicted octanol–water partition coefficient (Wildman–Crippen LogP) is 3.07. The van der Waals surface area contributed by atoms with Crippen LogP contribution in [-0.2, 0) is 0 Å². The maximum Gasteiger partial charge on any atom is 0.0174 e. The molecule has 0 N–H and O–H groups in total. The maximum atomic E-state index is 4.21. The van der Waals surface area contributed by atoms with Crippen LogP contribution in [0.4, 0.5) is 0 Å². The van der Waals surface area contributed by atoms with Crippen LogP contribution < -0.4 is 0 Å². The van der Waals surface area contributed by atoms with Crippen molar-refractivity contribution in [1.82, 2.24) is 4.31 Å². The molecular weight excluding hydrogens is 186 g/mol. The topological polar surface area (TPSA) is 3.24 Å². The standard InChI is InChI=1S/C9H21NS2/c1-5-9(4)10(8(2)3)12-7-6-11/h8-9,11H,5-7H2,1-4H3. The van der Waals surface area contributed by atoms with E-state index in [1.807, 2.05) is 11.9 Å². The van der Waals surface area contributed by atoms with Gasteiger partial charge in [-0.05, 0) is 27.2 Å². The molecule has 0 bridgehead atoms. The summed E-state index contributed by atoms with van der Waals surface area (Å²) >= 11 is 6.13. The molecule has 0 aromatic carbocycles. The molecule has 0 aliphatic rings. The van der Waals surface area contributed by atoms with Gasteiger partial charge < -0.3 is 0 Å². The van der Waals surface area contributed by atoms with E-state index in [0.29, 0.717) is 12.1 Å². The highest BCUT2D eigenvalue weighted by Gasteiger charge is 2.15. The van der Waals surface area contributed by atoms with Crippen molar-refractivity contribution in [3.8, 4) is 0 Å². The Balaban J connectivity index is 3.85. The fraction of sp³-hybridized carbons (Fsp3) is 1.00. The number of hydrogen-bond donors (Lipinski definition) is 1. The summed E-state index contributed by atoms with van der Waals surface area (Å²) in [5.41, 5.74) is 0. The van der Waals surface area contributed by atoms with Gasteiger partial charge in [0, 0.05) is 23.6 Å². The van der Waals surface area contributed by atoms with Crippen molar-refractivity contribution < 1.29 is 0 Å². The summed E-state index contributed by atoms with van der Waals surface area (Å²) in [6.07, 6.45) is 1.22. The number of nitrogens with zero attached hydrogens (tertiary/aromatic N) is 1. The quantitative estimate of drug-likeness (QED) is 0.527. The first-order valence-corrected chi connectivity index (χ1v) is 6.23. The second kappa shape index (κ2) is 7.10. The molecule has 1 nitrogen and oxygen atoms in total. The molecule has 1 unspecified atom stereocenters. The van der Waals surface area contributed by atoms with Crippen LogP contribution >= 0.6 is 24.6 Å². The highest BCUT2D eigenvalue weighted by atomic mass is 32.2. The summed E-state index contributed by atoms with van der Waals surface area (Å²) in [6.45, 7) is 9.02. The summed E-state index contributed by atoms with van der Waals surface area (Å²) in [7, 11) is 0. The lowest BCUT2D eigenvalue weighted by Gasteiger charge is -2.30.